The highest BCUT2D eigenvalue weighted by atomic mass is 35.5. The molecule has 0 bridgehead atoms. The third kappa shape index (κ3) is 4.09. The number of thioether (sulfide) groups is 1. The quantitative estimate of drug-likeness (QED) is 0.581. The fourth-order valence-corrected chi connectivity index (χ4v) is 4.85. The lowest BCUT2D eigenvalue weighted by Crippen LogP contribution is -2.32. The lowest BCUT2D eigenvalue weighted by Gasteiger charge is -2.20. The standard InChI is InChI=1S/C18H17ClN2OS2/c1-12(17(22)21(2)11-13-6-4-3-5-7-13)23-18-20-15-10-14(19)8-9-16(15)24-18/h3-10,12H,11H2,1-2H3/t12-/m1/s1. The van der Waals surface area contributed by atoms with Gasteiger partial charge in [0.05, 0.1) is 15.5 Å². The van der Waals surface area contributed by atoms with Crippen molar-refractivity contribution in [3.05, 3.63) is 59.1 Å². The van der Waals surface area contributed by atoms with Crippen LogP contribution in [0.3, 0.4) is 0 Å². The molecule has 2 aromatic carbocycles. The zero-order valence-electron chi connectivity index (χ0n) is 13.4. The van der Waals surface area contributed by atoms with Gasteiger partial charge in [-0.1, -0.05) is 53.7 Å². The number of nitrogens with zero attached hydrogens (tertiary/aromatic N) is 2. The minimum Gasteiger partial charge on any atom is -0.340 e. The molecule has 0 spiro atoms. The molecule has 24 heavy (non-hydrogen) atoms. The van der Waals surface area contributed by atoms with Crippen LogP contribution in [-0.2, 0) is 11.3 Å². The molecular weight excluding hydrogens is 360 g/mol. The molecule has 1 amide bonds. The third-order valence-electron chi connectivity index (χ3n) is 3.59. The number of carbonyl (C=O) groups is 1. The van der Waals surface area contributed by atoms with Gasteiger partial charge in [-0.2, -0.15) is 0 Å². The van der Waals surface area contributed by atoms with Crippen LogP contribution >= 0.6 is 34.7 Å². The maximum absolute atomic E-state index is 12.6. The molecule has 0 unspecified atom stereocenters. The first-order valence-electron chi connectivity index (χ1n) is 7.54. The van der Waals surface area contributed by atoms with E-state index in [1.54, 1.807) is 16.2 Å². The monoisotopic (exact) mass is 376 g/mol. The highest BCUT2D eigenvalue weighted by molar-refractivity contribution is 8.02. The second-order valence-electron chi connectivity index (χ2n) is 5.53. The number of aromatic nitrogens is 1. The van der Waals surface area contributed by atoms with Gasteiger partial charge in [0.1, 0.15) is 0 Å². The Morgan fingerprint density at radius 2 is 2.04 bits per heavy atom. The molecule has 1 atom stereocenters. The fraction of sp³-hybridized carbons (Fsp3) is 0.222. The number of thiazole rings is 1. The Balaban J connectivity index is 1.66. The molecule has 0 saturated carbocycles. The predicted molar refractivity (Wildman–Crippen MR) is 103 cm³/mol. The summed E-state index contributed by atoms with van der Waals surface area (Å²) in [5, 5.41) is 0.491. The van der Waals surface area contributed by atoms with Gasteiger partial charge in [0, 0.05) is 18.6 Å². The lowest BCUT2D eigenvalue weighted by molar-refractivity contribution is -0.129. The van der Waals surface area contributed by atoms with Crippen LogP contribution in [0.4, 0.5) is 0 Å². The van der Waals surface area contributed by atoms with E-state index in [1.165, 1.54) is 11.8 Å². The second kappa shape index (κ2) is 7.55. The summed E-state index contributed by atoms with van der Waals surface area (Å²) in [4.78, 5) is 18.9. The molecule has 3 nitrogen and oxygen atoms in total. The number of rotatable bonds is 5. The Morgan fingerprint density at radius 1 is 1.29 bits per heavy atom. The summed E-state index contributed by atoms with van der Waals surface area (Å²) in [5.41, 5.74) is 2.01. The van der Waals surface area contributed by atoms with Crippen molar-refractivity contribution in [1.82, 2.24) is 9.88 Å². The molecule has 0 radical (unpaired) electrons. The second-order valence-corrected chi connectivity index (χ2v) is 8.59. The average molecular weight is 377 g/mol. The minimum atomic E-state index is -0.185. The molecule has 0 aliphatic rings. The van der Waals surface area contributed by atoms with Gasteiger partial charge in [-0.05, 0) is 30.7 Å². The topological polar surface area (TPSA) is 33.2 Å². The van der Waals surface area contributed by atoms with Crippen molar-refractivity contribution in [1.29, 1.82) is 0 Å². The summed E-state index contributed by atoms with van der Waals surface area (Å²) in [7, 11) is 1.84. The number of benzene rings is 2. The fourth-order valence-electron chi connectivity index (χ4n) is 2.38. The van der Waals surface area contributed by atoms with E-state index in [9.17, 15) is 4.79 Å². The van der Waals surface area contributed by atoms with E-state index in [-0.39, 0.29) is 11.2 Å². The van der Waals surface area contributed by atoms with E-state index in [1.807, 2.05) is 62.5 Å². The highest BCUT2D eigenvalue weighted by Crippen LogP contribution is 2.33. The molecule has 0 aliphatic carbocycles. The number of hydrogen-bond donors (Lipinski definition) is 0. The van der Waals surface area contributed by atoms with Crippen LogP contribution in [0.25, 0.3) is 10.2 Å². The maximum Gasteiger partial charge on any atom is 0.235 e. The van der Waals surface area contributed by atoms with Crippen molar-refractivity contribution in [2.24, 2.45) is 0 Å². The van der Waals surface area contributed by atoms with Crippen LogP contribution in [0.5, 0.6) is 0 Å². The van der Waals surface area contributed by atoms with E-state index in [2.05, 4.69) is 4.98 Å². The zero-order chi connectivity index (χ0) is 17.1. The number of amides is 1. The maximum atomic E-state index is 12.6. The SMILES string of the molecule is C[C@@H](Sc1nc2cc(Cl)ccc2s1)C(=O)N(C)Cc1ccccc1. The van der Waals surface area contributed by atoms with Crippen molar-refractivity contribution >= 4 is 50.8 Å². The lowest BCUT2D eigenvalue weighted by atomic mass is 10.2. The Bertz CT molecular complexity index is 851. The van der Waals surface area contributed by atoms with E-state index in [0.717, 1.165) is 20.1 Å². The summed E-state index contributed by atoms with van der Waals surface area (Å²) in [5.74, 6) is 0.0983. The summed E-state index contributed by atoms with van der Waals surface area (Å²) in [6.07, 6.45) is 0. The number of halogens is 1. The van der Waals surface area contributed by atoms with Crippen LogP contribution in [0, 0.1) is 0 Å². The van der Waals surface area contributed by atoms with Crippen LogP contribution in [0.15, 0.2) is 52.9 Å². The van der Waals surface area contributed by atoms with Crippen LogP contribution in [-0.4, -0.2) is 28.1 Å². The molecule has 1 aromatic heterocycles. The van der Waals surface area contributed by atoms with Gasteiger partial charge < -0.3 is 4.90 Å². The highest BCUT2D eigenvalue weighted by Gasteiger charge is 2.20. The molecule has 0 fully saturated rings. The largest absolute Gasteiger partial charge is 0.340 e. The Kier molecular flexibility index (Phi) is 5.43. The molecule has 3 aromatic rings. The van der Waals surface area contributed by atoms with Crippen molar-refractivity contribution in [2.45, 2.75) is 23.1 Å². The van der Waals surface area contributed by atoms with Gasteiger partial charge in [0.2, 0.25) is 5.91 Å². The Hall–Kier alpha value is -1.56. The normalized spacial score (nSPS) is 12.3. The van der Waals surface area contributed by atoms with E-state index in [4.69, 9.17) is 11.6 Å². The number of carbonyl (C=O) groups excluding carboxylic acids is 1. The van der Waals surface area contributed by atoms with Gasteiger partial charge in [-0.15, -0.1) is 11.3 Å². The molecule has 124 valence electrons. The van der Waals surface area contributed by atoms with E-state index in [0.29, 0.717) is 11.6 Å². The van der Waals surface area contributed by atoms with Gasteiger partial charge in [0.25, 0.3) is 0 Å². The van der Waals surface area contributed by atoms with Crippen molar-refractivity contribution in [3.63, 3.8) is 0 Å². The van der Waals surface area contributed by atoms with Crippen molar-refractivity contribution < 1.29 is 4.79 Å². The molecule has 1 heterocycles. The summed E-state index contributed by atoms with van der Waals surface area (Å²) >= 11 is 9.08. The molecule has 0 saturated heterocycles. The summed E-state index contributed by atoms with van der Waals surface area (Å²) in [6.45, 7) is 2.54. The number of fused-ring (bicyclic) bond motifs is 1. The third-order valence-corrected chi connectivity index (χ3v) is 6.05. The first-order chi connectivity index (χ1) is 11.5. The van der Waals surface area contributed by atoms with Gasteiger partial charge in [-0.25, -0.2) is 4.98 Å². The van der Waals surface area contributed by atoms with Crippen molar-refractivity contribution in [2.75, 3.05) is 7.05 Å². The molecule has 0 N–H and O–H groups in total. The number of hydrogen-bond acceptors (Lipinski definition) is 4. The molecule has 6 heteroatoms. The molecule has 3 rings (SSSR count). The smallest absolute Gasteiger partial charge is 0.235 e. The summed E-state index contributed by atoms with van der Waals surface area (Å²) < 4.78 is 1.97. The van der Waals surface area contributed by atoms with Gasteiger partial charge in [-0.3, -0.25) is 4.79 Å². The predicted octanol–water partition coefficient (Wildman–Crippen LogP) is 5.09. The first-order valence-corrected chi connectivity index (χ1v) is 9.62. The van der Waals surface area contributed by atoms with Crippen molar-refractivity contribution in [3.8, 4) is 0 Å². The van der Waals surface area contributed by atoms with Crippen LogP contribution in [0.1, 0.15) is 12.5 Å². The average Bonchev–Trinajstić information content (AvgIpc) is 2.96. The Labute approximate surface area is 154 Å². The molecule has 0 aliphatic heterocycles. The summed E-state index contributed by atoms with van der Waals surface area (Å²) in [6, 6.07) is 15.7. The Morgan fingerprint density at radius 3 is 2.79 bits per heavy atom. The van der Waals surface area contributed by atoms with Crippen LogP contribution in [0.2, 0.25) is 5.02 Å². The zero-order valence-corrected chi connectivity index (χ0v) is 15.8. The van der Waals surface area contributed by atoms with Gasteiger partial charge >= 0.3 is 0 Å². The molecular formula is C18H17ClN2OS2. The van der Waals surface area contributed by atoms with Gasteiger partial charge in [0.15, 0.2) is 4.34 Å². The first kappa shape index (κ1) is 17.3. The minimum absolute atomic E-state index is 0.0983. The van der Waals surface area contributed by atoms with Crippen LogP contribution < -0.4 is 0 Å². The van der Waals surface area contributed by atoms with E-state index >= 15 is 0 Å². The van der Waals surface area contributed by atoms with E-state index < -0.39 is 0 Å².